The first kappa shape index (κ1) is 25.3. The fourth-order valence-corrected chi connectivity index (χ4v) is 7.03. The number of amides is 2. The number of halogens is 2. The molecule has 0 spiro atoms. The second-order valence-corrected chi connectivity index (χ2v) is 11.3. The van der Waals surface area contributed by atoms with Crippen molar-refractivity contribution in [2.75, 3.05) is 17.2 Å². The van der Waals surface area contributed by atoms with Gasteiger partial charge in [-0.25, -0.2) is 9.78 Å². The Morgan fingerprint density at radius 3 is 2.83 bits per heavy atom. The van der Waals surface area contributed by atoms with Crippen molar-refractivity contribution in [1.29, 1.82) is 0 Å². The number of alkyl halides is 2. The van der Waals surface area contributed by atoms with E-state index >= 15 is 0 Å². The Labute approximate surface area is 212 Å². The lowest BCUT2D eigenvalue weighted by Crippen LogP contribution is -2.71. The van der Waals surface area contributed by atoms with E-state index in [1.54, 1.807) is 6.92 Å². The lowest BCUT2D eigenvalue weighted by atomic mass is 10.0. The molecule has 12 nitrogen and oxygen atoms in total. The molecule has 1 fully saturated rings. The molecule has 1 unspecified atom stereocenters. The first-order valence-electron chi connectivity index (χ1n) is 9.52. The summed E-state index contributed by atoms with van der Waals surface area (Å²) in [4.78, 5) is 46.4. The Balaban J connectivity index is 1.49. The second-order valence-electron chi connectivity index (χ2n) is 6.87. The standard InChI is InChI=1S/C17H15F2N7O5S4/c1-5-23-24-17(35-5)34-3-6-2-32-13-9(12(28)26(13)10(6)14(29)30)22-11(27)8(25-31-15(18)19)7-4-33-16(20)21-7/h4,9,13,15H,2-3H2,1H3,(H2,20,21)(H,22,27)(H,29,30)/t9?,13-/m0/s1. The Morgan fingerprint density at radius 1 is 1.46 bits per heavy atom. The fraction of sp³-hybridized carbons (Fsp3) is 0.353. The number of hydrogen-bond acceptors (Lipinski definition) is 13. The van der Waals surface area contributed by atoms with Crippen molar-refractivity contribution in [2.45, 2.75) is 29.3 Å². The maximum Gasteiger partial charge on any atom is 0.407 e. The number of aliphatic carboxylic acids is 1. The van der Waals surface area contributed by atoms with Crippen molar-refractivity contribution >= 4 is 74.8 Å². The molecule has 0 aromatic carbocycles. The highest BCUT2D eigenvalue weighted by Gasteiger charge is 2.54. The molecule has 4 N–H and O–H groups in total. The molecule has 0 saturated carbocycles. The summed E-state index contributed by atoms with van der Waals surface area (Å²) in [6.45, 7) is -1.48. The summed E-state index contributed by atoms with van der Waals surface area (Å²) in [5, 5.41) is 24.7. The van der Waals surface area contributed by atoms with Gasteiger partial charge in [0.2, 0.25) is 0 Å². The molecule has 4 rings (SSSR count). The number of carbonyl (C=O) groups excluding carboxylic acids is 2. The average molecular weight is 564 g/mol. The number of oxime groups is 1. The van der Waals surface area contributed by atoms with Crippen LogP contribution in [0.4, 0.5) is 13.9 Å². The molecular formula is C17H15F2N7O5S4. The summed E-state index contributed by atoms with van der Waals surface area (Å²) >= 11 is 4.91. The summed E-state index contributed by atoms with van der Waals surface area (Å²) < 4.78 is 25.7. The van der Waals surface area contributed by atoms with Crippen LogP contribution in [0.3, 0.4) is 0 Å². The molecule has 2 aromatic heterocycles. The summed E-state index contributed by atoms with van der Waals surface area (Å²) in [7, 11) is 0. The van der Waals surface area contributed by atoms with Crippen LogP contribution < -0.4 is 11.1 Å². The molecule has 2 aromatic rings. The number of nitrogens with two attached hydrogens (primary N) is 1. The molecule has 2 atom stereocenters. The van der Waals surface area contributed by atoms with Crippen molar-refractivity contribution in [3.05, 3.63) is 27.4 Å². The minimum Gasteiger partial charge on any atom is -0.477 e. The lowest BCUT2D eigenvalue weighted by Gasteiger charge is -2.49. The van der Waals surface area contributed by atoms with Gasteiger partial charge in [0.1, 0.15) is 27.8 Å². The quantitative estimate of drug-likeness (QED) is 0.174. The number of nitrogen functional groups attached to an aromatic ring is 1. The third-order valence-electron chi connectivity index (χ3n) is 4.62. The van der Waals surface area contributed by atoms with E-state index in [0.29, 0.717) is 21.4 Å². The highest BCUT2D eigenvalue weighted by molar-refractivity contribution is 8.01. The number of nitrogens with zero attached hydrogens (tertiary/aromatic N) is 5. The van der Waals surface area contributed by atoms with Crippen LogP contribution in [0.25, 0.3) is 0 Å². The number of carboxylic acids is 1. The maximum absolute atomic E-state index is 12.8. The summed E-state index contributed by atoms with van der Waals surface area (Å²) in [5.41, 5.74) is 5.21. The van der Waals surface area contributed by atoms with Crippen molar-refractivity contribution in [1.82, 2.24) is 25.4 Å². The van der Waals surface area contributed by atoms with E-state index in [9.17, 15) is 28.3 Å². The van der Waals surface area contributed by atoms with Crippen molar-refractivity contribution < 1.29 is 33.1 Å². The highest BCUT2D eigenvalue weighted by Crippen LogP contribution is 2.41. The number of fused-ring (bicyclic) bond motifs is 1. The van der Waals surface area contributed by atoms with Crippen LogP contribution in [0.2, 0.25) is 0 Å². The number of hydrogen-bond donors (Lipinski definition) is 3. The van der Waals surface area contributed by atoms with Gasteiger partial charge < -0.3 is 21.0 Å². The average Bonchev–Trinajstić information content (AvgIpc) is 3.42. The molecule has 35 heavy (non-hydrogen) atoms. The van der Waals surface area contributed by atoms with Crippen molar-refractivity contribution in [2.24, 2.45) is 5.16 Å². The number of thioether (sulfide) groups is 2. The van der Waals surface area contributed by atoms with Crippen LogP contribution in [0.15, 0.2) is 26.1 Å². The Hall–Kier alpha value is -2.83. The predicted molar refractivity (Wildman–Crippen MR) is 125 cm³/mol. The SMILES string of the molecule is Cc1nnc(SCC2=C(C(=O)O)N3C(=O)C(NC(=O)C(=NOC(F)F)c4csc(N)n4)[C@@H]3SC2)s1. The van der Waals surface area contributed by atoms with Crippen LogP contribution in [0.5, 0.6) is 0 Å². The van der Waals surface area contributed by atoms with Crippen molar-refractivity contribution in [3.63, 3.8) is 0 Å². The van der Waals surface area contributed by atoms with Gasteiger partial charge in [0.15, 0.2) is 15.2 Å². The van der Waals surface area contributed by atoms with E-state index in [-0.39, 0.29) is 16.5 Å². The number of thiazole rings is 1. The minimum atomic E-state index is -3.29. The number of nitrogens with one attached hydrogen (secondary N) is 1. The zero-order valence-electron chi connectivity index (χ0n) is 17.5. The van der Waals surface area contributed by atoms with E-state index < -0.39 is 41.5 Å². The Kier molecular flexibility index (Phi) is 7.53. The maximum atomic E-state index is 12.8. The van der Waals surface area contributed by atoms with Crippen LogP contribution in [-0.2, 0) is 19.2 Å². The predicted octanol–water partition coefficient (Wildman–Crippen LogP) is 1.36. The largest absolute Gasteiger partial charge is 0.477 e. The molecule has 186 valence electrons. The van der Waals surface area contributed by atoms with Gasteiger partial charge in [-0.3, -0.25) is 14.5 Å². The number of aryl methyl sites for hydroxylation is 1. The number of aromatic nitrogens is 3. The number of carbonyl (C=O) groups is 3. The summed E-state index contributed by atoms with van der Waals surface area (Å²) in [6, 6.07) is -1.10. The van der Waals surface area contributed by atoms with Crippen LogP contribution in [0.1, 0.15) is 10.7 Å². The number of rotatable bonds is 9. The van der Waals surface area contributed by atoms with E-state index in [2.05, 4.69) is 30.5 Å². The first-order chi connectivity index (χ1) is 16.7. The molecule has 2 amide bonds. The molecule has 0 bridgehead atoms. The normalized spacial score (nSPS) is 20.1. The van der Waals surface area contributed by atoms with Crippen molar-refractivity contribution in [3.8, 4) is 0 Å². The van der Waals surface area contributed by atoms with Gasteiger partial charge in [0, 0.05) is 16.9 Å². The smallest absolute Gasteiger partial charge is 0.407 e. The molecule has 18 heteroatoms. The summed E-state index contributed by atoms with van der Waals surface area (Å²) in [5.74, 6) is -2.34. The minimum absolute atomic E-state index is 0.0663. The van der Waals surface area contributed by atoms with Gasteiger partial charge in [0.25, 0.3) is 11.8 Å². The third-order valence-corrected chi connectivity index (χ3v) is 8.69. The Morgan fingerprint density at radius 2 is 2.23 bits per heavy atom. The van der Waals surface area contributed by atoms with Gasteiger partial charge >= 0.3 is 12.6 Å². The molecule has 0 aliphatic carbocycles. The van der Waals surface area contributed by atoms with Crippen LogP contribution in [-0.4, -0.2) is 78.2 Å². The molecule has 2 aliphatic heterocycles. The van der Waals surface area contributed by atoms with Gasteiger partial charge in [-0.1, -0.05) is 28.3 Å². The number of anilines is 1. The third kappa shape index (κ3) is 5.39. The highest BCUT2D eigenvalue weighted by atomic mass is 32.2. The van der Waals surface area contributed by atoms with Gasteiger partial charge in [-0.05, 0) is 12.5 Å². The number of β-lactam (4-membered cyclic amide) rings is 1. The van der Waals surface area contributed by atoms with Gasteiger partial charge in [0.05, 0.1) is 0 Å². The monoisotopic (exact) mass is 563 g/mol. The van der Waals surface area contributed by atoms with Crippen LogP contribution in [0, 0.1) is 6.92 Å². The van der Waals surface area contributed by atoms with E-state index in [1.165, 1.54) is 40.2 Å². The van der Waals surface area contributed by atoms with Gasteiger partial charge in [-0.2, -0.15) is 8.78 Å². The first-order valence-corrected chi connectivity index (χ1v) is 13.3. The topological polar surface area (TPSA) is 173 Å². The zero-order chi connectivity index (χ0) is 25.3. The van der Waals surface area contributed by atoms with E-state index in [1.807, 2.05) is 0 Å². The summed E-state index contributed by atoms with van der Waals surface area (Å²) in [6.07, 6.45) is 0. The van der Waals surface area contributed by atoms with Gasteiger partial charge in [-0.15, -0.1) is 33.3 Å². The molecule has 1 saturated heterocycles. The second kappa shape index (κ2) is 10.4. The van der Waals surface area contributed by atoms with Crippen LogP contribution >= 0.6 is 46.2 Å². The number of carboxylic acid groups (broad SMARTS) is 1. The zero-order valence-corrected chi connectivity index (χ0v) is 20.8. The van der Waals surface area contributed by atoms with E-state index in [4.69, 9.17) is 5.73 Å². The molecule has 0 radical (unpaired) electrons. The molecule has 2 aliphatic rings. The molecule has 4 heterocycles. The Bertz CT molecular complexity index is 1230. The van der Waals surface area contributed by atoms with E-state index in [0.717, 1.165) is 21.2 Å². The fourth-order valence-electron chi connectivity index (χ4n) is 3.18. The lowest BCUT2D eigenvalue weighted by molar-refractivity contribution is -0.150. The molecular weight excluding hydrogens is 548 g/mol.